The predicted octanol–water partition coefficient (Wildman–Crippen LogP) is 1.28. The minimum Gasteiger partial charge on any atom is -0.493 e. The van der Waals surface area contributed by atoms with E-state index in [4.69, 9.17) is 4.74 Å². The van der Waals surface area contributed by atoms with Gasteiger partial charge in [-0.15, -0.1) is 0 Å². The quantitative estimate of drug-likeness (QED) is 0.337. The van der Waals surface area contributed by atoms with Gasteiger partial charge in [0.25, 0.3) is 6.20 Å². The highest BCUT2D eigenvalue weighted by Gasteiger charge is 2.05. The maximum atomic E-state index is 10.4. The average Bonchev–Trinajstić information content (AvgIpc) is 2.93. The van der Waals surface area contributed by atoms with Crippen LogP contribution >= 0.6 is 0 Å². The van der Waals surface area contributed by atoms with Crippen LogP contribution in [0.1, 0.15) is 12.2 Å². The van der Waals surface area contributed by atoms with Gasteiger partial charge in [0.15, 0.2) is 5.82 Å². The molecule has 2 aromatic rings. The number of nitro groups is 1. The van der Waals surface area contributed by atoms with Crippen molar-refractivity contribution in [2.75, 3.05) is 34.3 Å². The van der Waals surface area contributed by atoms with E-state index in [2.05, 4.69) is 25.5 Å². The number of nitrogens with zero attached hydrogens (tertiary/aromatic N) is 3. The molecule has 0 spiro atoms. The number of aromatic nitrogens is 2. The summed E-state index contributed by atoms with van der Waals surface area (Å²) >= 11 is 0. The monoisotopic (exact) mass is 348 g/mol. The number of aromatic amines is 1. The van der Waals surface area contributed by atoms with Crippen molar-refractivity contribution in [3.05, 3.63) is 46.2 Å². The molecule has 1 aromatic heterocycles. The molecule has 0 atom stereocenters. The van der Waals surface area contributed by atoms with Crippen LogP contribution in [0.25, 0.3) is 11.0 Å². The van der Waals surface area contributed by atoms with E-state index < -0.39 is 4.92 Å². The van der Waals surface area contributed by atoms with Crippen LogP contribution in [-0.2, 0) is 6.54 Å². The summed E-state index contributed by atoms with van der Waals surface area (Å²) in [4.78, 5) is 19.8. The summed E-state index contributed by atoms with van der Waals surface area (Å²) < 4.78 is 5.73. The average molecular weight is 348 g/mol. The molecule has 25 heavy (non-hydrogen) atoms. The summed E-state index contributed by atoms with van der Waals surface area (Å²) in [5.41, 5.74) is 1.85. The van der Waals surface area contributed by atoms with Crippen molar-refractivity contribution in [2.45, 2.75) is 13.0 Å². The van der Waals surface area contributed by atoms with Crippen molar-refractivity contribution in [1.29, 1.82) is 0 Å². The van der Waals surface area contributed by atoms with Crippen molar-refractivity contribution < 1.29 is 9.66 Å². The van der Waals surface area contributed by atoms with E-state index in [0.717, 1.165) is 35.4 Å². The number of benzene rings is 1. The van der Waals surface area contributed by atoms with Gasteiger partial charge in [-0.2, -0.15) is 0 Å². The van der Waals surface area contributed by atoms with E-state index in [1.54, 1.807) is 7.05 Å². The Labute approximate surface area is 146 Å². The van der Waals surface area contributed by atoms with E-state index in [9.17, 15) is 10.1 Å². The predicted molar refractivity (Wildman–Crippen MR) is 95.7 cm³/mol. The topological polar surface area (TPSA) is 108 Å². The second-order valence-corrected chi connectivity index (χ2v) is 5.81. The zero-order valence-corrected chi connectivity index (χ0v) is 14.7. The van der Waals surface area contributed by atoms with E-state index in [1.165, 1.54) is 0 Å². The zero-order chi connectivity index (χ0) is 18.2. The SMILES string of the molecule is CN/C(=C\[N+](=O)[O-])NCCCOc1ccc2nc(CN(C)C)[nH]c2c1. The molecule has 0 unspecified atom stereocenters. The minimum atomic E-state index is -0.500. The van der Waals surface area contributed by atoms with Gasteiger partial charge in [-0.3, -0.25) is 10.1 Å². The van der Waals surface area contributed by atoms with Crippen LogP contribution in [0.4, 0.5) is 0 Å². The Morgan fingerprint density at radius 2 is 2.28 bits per heavy atom. The van der Waals surface area contributed by atoms with Gasteiger partial charge in [-0.1, -0.05) is 0 Å². The molecule has 0 bridgehead atoms. The fourth-order valence-electron chi connectivity index (χ4n) is 2.30. The molecule has 0 radical (unpaired) electrons. The van der Waals surface area contributed by atoms with Gasteiger partial charge >= 0.3 is 0 Å². The smallest absolute Gasteiger partial charge is 0.274 e. The first-order chi connectivity index (χ1) is 12.0. The van der Waals surface area contributed by atoms with E-state index in [0.29, 0.717) is 25.4 Å². The fraction of sp³-hybridized carbons (Fsp3) is 0.438. The molecule has 0 amide bonds. The number of ether oxygens (including phenoxy) is 1. The van der Waals surface area contributed by atoms with Crippen LogP contribution in [0.2, 0.25) is 0 Å². The van der Waals surface area contributed by atoms with E-state index >= 15 is 0 Å². The first-order valence-electron chi connectivity index (χ1n) is 8.01. The third-order valence-electron chi connectivity index (χ3n) is 3.38. The number of hydrogen-bond acceptors (Lipinski definition) is 7. The number of hydrogen-bond donors (Lipinski definition) is 3. The molecular formula is C16H24N6O3. The molecular weight excluding hydrogens is 324 g/mol. The molecule has 9 heteroatoms. The van der Waals surface area contributed by atoms with Gasteiger partial charge in [0.1, 0.15) is 11.6 Å². The lowest BCUT2D eigenvalue weighted by atomic mass is 10.3. The van der Waals surface area contributed by atoms with Gasteiger partial charge < -0.3 is 25.3 Å². The van der Waals surface area contributed by atoms with Crippen LogP contribution < -0.4 is 15.4 Å². The lowest BCUT2D eigenvalue weighted by molar-refractivity contribution is -0.404. The van der Waals surface area contributed by atoms with Crippen molar-refractivity contribution in [3.63, 3.8) is 0 Å². The van der Waals surface area contributed by atoms with Gasteiger partial charge in [0.05, 0.1) is 29.1 Å². The normalized spacial score (nSPS) is 11.8. The minimum absolute atomic E-state index is 0.373. The van der Waals surface area contributed by atoms with Crippen molar-refractivity contribution >= 4 is 11.0 Å². The molecule has 0 fully saturated rings. The van der Waals surface area contributed by atoms with E-state index in [-0.39, 0.29) is 0 Å². The highest BCUT2D eigenvalue weighted by atomic mass is 16.6. The van der Waals surface area contributed by atoms with Crippen LogP contribution in [0.15, 0.2) is 30.2 Å². The first kappa shape index (κ1) is 18.5. The lowest BCUT2D eigenvalue weighted by Crippen LogP contribution is -2.26. The highest BCUT2D eigenvalue weighted by Crippen LogP contribution is 2.19. The summed E-state index contributed by atoms with van der Waals surface area (Å²) in [5, 5.41) is 16.1. The Kier molecular flexibility index (Phi) is 6.58. The van der Waals surface area contributed by atoms with Gasteiger partial charge in [-0.25, -0.2) is 4.98 Å². The molecule has 2 rings (SSSR count). The molecule has 0 aliphatic carbocycles. The largest absolute Gasteiger partial charge is 0.493 e. The summed E-state index contributed by atoms with van der Waals surface area (Å²) in [6.07, 6.45) is 1.61. The number of rotatable bonds is 10. The summed E-state index contributed by atoms with van der Waals surface area (Å²) in [6.45, 7) is 1.83. The second kappa shape index (κ2) is 8.88. The Hall–Kier alpha value is -2.81. The zero-order valence-electron chi connectivity index (χ0n) is 14.7. The second-order valence-electron chi connectivity index (χ2n) is 5.81. The molecule has 1 heterocycles. The van der Waals surface area contributed by atoms with Crippen LogP contribution in [0.5, 0.6) is 5.75 Å². The molecule has 0 saturated carbocycles. The lowest BCUT2D eigenvalue weighted by Gasteiger charge is -2.09. The summed E-state index contributed by atoms with van der Waals surface area (Å²) in [7, 11) is 5.62. The number of H-pyrrole nitrogens is 1. The Morgan fingerprint density at radius 3 is 2.96 bits per heavy atom. The van der Waals surface area contributed by atoms with Crippen molar-refractivity contribution in [1.82, 2.24) is 25.5 Å². The third-order valence-corrected chi connectivity index (χ3v) is 3.38. The number of nitrogens with one attached hydrogen (secondary N) is 3. The Morgan fingerprint density at radius 1 is 1.48 bits per heavy atom. The molecule has 136 valence electrons. The molecule has 0 aliphatic rings. The molecule has 1 aromatic carbocycles. The Bertz CT molecular complexity index is 741. The first-order valence-corrected chi connectivity index (χ1v) is 8.01. The third kappa shape index (κ3) is 5.96. The highest BCUT2D eigenvalue weighted by molar-refractivity contribution is 5.76. The Balaban J connectivity index is 1.81. The van der Waals surface area contributed by atoms with Crippen LogP contribution in [-0.4, -0.2) is 54.1 Å². The van der Waals surface area contributed by atoms with E-state index in [1.807, 2.05) is 32.3 Å². The van der Waals surface area contributed by atoms with Gasteiger partial charge in [0.2, 0.25) is 0 Å². The standard InChI is InChI=1S/C16H24N6O3/c1-17-15(11-22(23)24)18-7-4-8-25-12-5-6-13-14(9-12)20-16(19-13)10-21(2)3/h5-6,9,11,17-18H,4,7-8,10H2,1-3H3,(H,19,20)/b15-11+. The maximum absolute atomic E-state index is 10.4. The van der Waals surface area contributed by atoms with Crippen molar-refractivity contribution in [2.24, 2.45) is 0 Å². The summed E-state index contributed by atoms with van der Waals surface area (Å²) in [6, 6.07) is 5.75. The maximum Gasteiger partial charge on any atom is 0.274 e. The van der Waals surface area contributed by atoms with Crippen LogP contribution in [0, 0.1) is 10.1 Å². The van der Waals surface area contributed by atoms with Crippen molar-refractivity contribution in [3.8, 4) is 5.75 Å². The summed E-state index contributed by atoms with van der Waals surface area (Å²) in [5.74, 6) is 2.05. The molecule has 0 saturated heterocycles. The molecule has 0 aliphatic heterocycles. The number of fused-ring (bicyclic) bond motifs is 1. The van der Waals surface area contributed by atoms with Gasteiger partial charge in [0, 0.05) is 19.7 Å². The number of imidazole rings is 1. The molecule has 9 nitrogen and oxygen atoms in total. The van der Waals surface area contributed by atoms with Crippen LogP contribution in [0.3, 0.4) is 0 Å². The molecule has 3 N–H and O–H groups in total. The fourth-order valence-corrected chi connectivity index (χ4v) is 2.30. The van der Waals surface area contributed by atoms with Gasteiger partial charge in [-0.05, 0) is 32.6 Å².